The molecule has 5 nitrogen and oxygen atoms in total. The zero-order chi connectivity index (χ0) is 22.8. The molecule has 1 saturated heterocycles. The summed E-state index contributed by atoms with van der Waals surface area (Å²) in [4.78, 5) is 16.5. The Labute approximate surface area is 198 Å². The van der Waals surface area contributed by atoms with Crippen molar-refractivity contribution in [3.8, 4) is 0 Å². The van der Waals surface area contributed by atoms with Crippen LogP contribution in [-0.2, 0) is 25.9 Å². The third-order valence-electron chi connectivity index (χ3n) is 6.14. The first-order valence-electron chi connectivity index (χ1n) is 11.1. The number of hydrogen-bond donors (Lipinski definition) is 0. The average Bonchev–Trinajstić information content (AvgIpc) is 3.22. The van der Waals surface area contributed by atoms with E-state index in [2.05, 4.69) is 0 Å². The monoisotopic (exact) mass is 479 g/mol. The molecule has 0 aromatic heterocycles. The number of carbonyl (C=O) groups excluding carboxylic acids is 1. The summed E-state index contributed by atoms with van der Waals surface area (Å²) in [5, 5.41) is 2.16. The van der Waals surface area contributed by atoms with Crippen LogP contribution < -0.4 is 0 Å². The Morgan fingerprint density at radius 2 is 1.76 bits per heavy atom. The van der Waals surface area contributed by atoms with Gasteiger partial charge in [0.2, 0.25) is 0 Å². The van der Waals surface area contributed by atoms with Gasteiger partial charge in [-0.15, -0.1) is 11.8 Å². The molecule has 0 spiro atoms. The number of fused-ring (bicyclic) bond motifs is 1. The number of sulfone groups is 1. The minimum atomic E-state index is -3.16. The molecule has 3 aromatic carbocycles. The molecule has 2 aliphatic heterocycles. The maximum Gasteiger partial charge on any atom is 0.290 e. The molecule has 0 aliphatic carbocycles. The molecule has 1 atom stereocenters. The van der Waals surface area contributed by atoms with Crippen LogP contribution >= 0.6 is 11.8 Å². The van der Waals surface area contributed by atoms with Gasteiger partial charge in [-0.1, -0.05) is 72.8 Å². The highest BCUT2D eigenvalue weighted by atomic mass is 32.2. The summed E-state index contributed by atoms with van der Waals surface area (Å²) >= 11 is 1.61. The lowest BCUT2D eigenvalue weighted by atomic mass is 10.0. The van der Waals surface area contributed by atoms with Gasteiger partial charge in [0.25, 0.3) is 5.91 Å². The summed E-state index contributed by atoms with van der Waals surface area (Å²) in [6, 6.07) is 23.5. The van der Waals surface area contributed by atoms with Gasteiger partial charge in [-0.25, -0.2) is 8.42 Å². The van der Waals surface area contributed by atoms with Crippen molar-refractivity contribution in [2.24, 2.45) is 0 Å². The number of hydrogen-bond acceptors (Lipinski definition) is 5. The number of ether oxygens (including phenoxy) is 1. The molecule has 0 saturated carbocycles. The first kappa shape index (κ1) is 22.0. The molecular weight excluding hydrogens is 454 g/mol. The molecule has 2 heterocycles. The van der Waals surface area contributed by atoms with Crippen LogP contribution in [0.3, 0.4) is 0 Å². The van der Waals surface area contributed by atoms with E-state index in [1.165, 1.54) is 0 Å². The number of nitrogens with zero attached hydrogens (tertiary/aromatic N) is 1. The molecule has 0 bridgehead atoms. The highest BCUT2D eigenvalue weighted by Crippen LogP contribution is 2.36. The van der Waals surface area contributed by atoms with Gasteiger partial charge in [-0.2, -0.15) is 0 Å². The molecule has 1 amide bonds. The lowest BCUT2D eigenvalue weighted by molar-refractivity contribution is -0.133. The number of carbonyl (C=O) groups is 1. The standard InChI is InChI=1S/C26H25NO4S2/c28-26(24-25(32-15-14-31-24)20-8-2-1-3-9-20)27(22-13-16-33(29,30)18-22)17-21-11-6-10-19-7-4-5-12-23(19)21/h1-12,22H,13-18H2. The third-order valence-corrected chi connectivity index (χ3v) is 8.97. The third kappa shape index (κ3) is 4.66. The van der Waals surface area contributed by atoms with Crippen molar-refractivity contribution in [3.05, 3.63) is 89.7 Å². The van der Waals surface area contributed by atoms with Crippen LogP contribution in [0.15, 0.2) is 78.6 Å². The van der Waals surface area contributed by atoms with Crippen LogP contribution in [0, 0.1) is 0 Å². The fraction of sp³-hybridized carbons (Fsp3) is 0.269. The van der Waals surface area contributed by atoms with Gasteiger partial charge < -0.3 is 9.64 Å². The van der Waals surface area contributed by atoms with Crippen molar-refractivity contribution < 1.29 is 17.9 Å². The Hall–Kier alpha value is -2.77. The zero-order valence-corrected chi connectivity index (χ0v) is 19.8. The highest BCUT2D eigenvalue weighted by Gasteiger charge is 2.38. The van der Waals surface area contributed by atoms with Gasteiger partial charge in [0.15, 0.2) is 15.6 Å². The van der Waals surface area contributed by atoms with Crippen molar-refractivity contribution in [3.63, 3.8) is 0 Å². The molecule has 2 aliphatic rings. The van der Waals surface area contributed by atoms with Crippen molar-refractivity contribution in [1.82, 2.24) is 4.90 Å². The summed E-state index contributed by atoms with van der Waals surface area (Å²) < 4.78 is 30.6. The summed E-state index contributed by atoms with van der Waals surface area (Å²) in [5.74, 6) is 0.947. The molecule has 1 fully saturated rings. The van der Waals surface area contributed by atoms with Crippen LogP contribution in [0.4, 0.5) is 0 Å². The Morgan fingerprint density at radius 1 is 1.00 bits per heavy atom. The predicted octanol–water partition coefficient (Wildman–Crippen LogP) is 4.49. The van der Waals surface area contributed by atoms with Gasteiger partial charge in [0.05, 0.1) is 23.0 Å². The van der Waals surface area contributed by atoms with Crippen LogP contribution in [0.1, 0.15) is 17.5 Å². The Morgan fingerprint density at radius 3 is 2.55 bits per heavy atom. The Kier molecular flexibility index (Phi) is 6.17. The van der Waals surface area contributed by atoms with Crippen molar-refractivity contribution >= 4 is 43.2 Å². The Balaban J connectivity index is 1.57. The molecule has 0 N–H and O–H groups in total. The molecule has 3 aromatic rings. The first-order chi connectivity index (χ1) is 16.0. The summed E-state index contributed by atoms with van der Waals surface area (Å²) in [5.41, 5.74) is 1.94. The minimum absolute atomic E-state index is 0.00933. The first-order valence-corrected chi connectivity index (χ1v) is 13.9. The summed E-state index contributed by atoms with van der Waals surface area (Å²) in [7, 11) is -3.16. The van der Waals surface area contributed by atoms with Crippen LogP contribution in [-0.4, -0.2) is 49.1 Å². The zero-order valence-electron chi connectivity index (χ0n) is 18.1. The van der Waals surface area contributed by atoms with E-state index in [0.29, 0.717) is 25.3 Å². The second-order valence-corrected chi connectivity index (χ2v) is 11.7. The van der Waals surface area contributed by atoms with Crippen molar-refractivity contribution in [1.29, 1.82) is 0 Å². The second-order valence-electron chi connectivity index (χ2n) is 8.35. The van der Waals surface area contributed by atoms with Crippen LogP contribution in [0.2, 0.25) is 0 Å². The van der Waals surface area contributed by atoms with E-state index in [-0.39, 0.29) is 23.5 Å². The van der Waals surface area contributed by atoms with Gasteiger partial charge in [-0.05, 0) is 28.3 Å². The van der Waals surface area contributed by atoms with E-state index < -0.39 is 9.84 Å². The maximum absolute atomic E-state index is 14.0. The molecule has 0 radical (unpaired) electrons. The van der Waals surface area contributed by atoms with Crippen LogP contribution in [0.25, 0.3) is 15.7 Å². The fourth-order valence-electron chi connectivity index (χ4n) is 4.51. The van der Waals surface area contributed by atoms with Gasteiger partial charge >= 0.3 is 0 Å². The summed E-state index contributed by atoms with van der Waals surface area (Å²) in [6.07, 6.45) is 0.444. The predicted molar refractivity (Wildman–Crippen MR) is 133 cm³/mol. The average molecular weight is 480 g/mol. The lowest BCUT2D eigenvalue weighted by Gasteiger charge is -2.31. The van der Waals surface area contributed by atoms with Crippen molar-refractivity contribution in [2.45, 2.75) is 19.0 Å². The summed E-state index contributed by atoms with van der Waals surface area (Å²) in [6.45, 7) is 0.785. The maximum atomic E-state index is 14.0. The van der Waals surface area contributed by atoms with Crippen molar-refractivity contribution in [2.75, 3.05) is 23.9 Å². The molecular formula is C26H25NO4S2. The van der Waals surface area contributed by atoms with E-state index in [0.717, 1.165) is 32.6 Å². The lowest BCUT2D eigenvalue weighted by Crippen LogP contribution is -2.42. The SMILES string of the molecule is O=C(C1=C(c2ccccc2)SCCO1)N(Cc1cccc2ccccc12)C1CCS(=O)(=O)C1. The van der Waals surface area contributed by atoms with Crippen LogP contribution in [0.5, 0.6) is 0 Å². The number of benzene rings is 3. The van der Waals surface area contributed by atoms with Gasteiger partial charge in [-0.3, -0.25) is 4.79 Å². The largest absolute Gasteiger partial charge is 0.486 e. The number of rotatable bonds is 5. The quantitative estimate of drug-likeness (QED) is 0.540. The minimum Gasteiger partial charge on any atom is -0.486 e. The number of amides is 1. The Bertz CT molecular complexity index is 1310. The number of thioether (sulfide) groups is 1. The molecule has 33 heavy (non-hydrogen) atoms. The van der Waals surface area contributed by atoms with E-state index >= 15 is 0 Å². The van der Waals surface area contributed by atoms with E-state index in [1.807, 2.05) is 72.8 Å². The molecule has 170 valence electrons. The molecule has 1 unspecified atom stereocenters. The normalized spacial score (nSPS) is 19.9. The molecule has 5 rings (SSSR count). The van der Waals surface area contributed by atoms with Gasteiger partial charge in [0.1, 0.15) is 0 Å². The topological polar surface area (TPSA) is 63.7 Å². The molecule has 7 heteroatoms. The van der Waals surface area contributed by atoms with E-state index in [1.54, 1.807) is 16.7 Å². The van der Waals surface area contributed by atoms with E-state index in [9.17, 15) is 13.2 Å². The smallest absolute Gasteiger partial charge is 0.290 e. The fourth-order valence-corrected chi connectivity index (χ4v) is 7.20. The van der Waals surface area contributed by atoms with E-state index in [4.69, 9.17) is 4.74 Å². The second kappa shape index (κ2) is 9.23. The highest BCUT2D eigenvalue weighted by molar-refractivity contribution is 8.08. The van der Waals surface area contributed by atoms with Gasteiger partial charge in [0, 0.05) is 18.3 Å².